The van der Waals surface area contributed by atoms with E-state index < -0.39 is 5.97 Å². The number of rotatable bonds is 11. The number of halogens is 1. The number of nitrogens with zero attached hydrogens (tertiary/aromatic N) is 1. The van der Waals surface area contributed by atoms with E-state index in [1.807, 2.05) is 48.6 Å². The fourth-order valence-electron chi connectivity index (χ4n) is 4.12. The van der Waals surface area contributed by atoms with Gasteiger partial charge in [-0.3, -0.25) is 0 Å². The number of methoxy groups -OCH3 is 1. The van der Waals surface area contributed by atoms with Crippen LogP contribution in [0.5, 0.6) is 11.5 Å². The van der Waals surface area contributed by atoms with Crippen LogP contribution in [0.2, 0.25) is 0 Å². The van der Waals surface area contributed by atoms with Crippen LogP contribution in [-0.2, 0) is 4.74 Å². The summed E-state index contributed by atoms with van der Waals surface area (Å²) in [7, 11) is 1.49. The quantitative estimate of drug-likeness (QED) is 0.238. The first-order valence-electron chi connectivity index (χ1n) is 12.5. The van der Waals surface area contributed by atoms with Crippen molar-refractivity contribution < 1.29 is 28.5 Å². The maximum atomic E-state index is 13.5. The standard InChI is InChI=1S/C31H28FNO5/c1-36-26-12-14-29(27(17-26)31(34)35)38-19-30(37-18-21-5-6-21)23-4-2-3-20(15-23)7-10-25-11-8-22-16-24(32)9-13-28(22)33-25/h2-4,7-17,21,30H,5-6,18-19H2,1H3,(H,34,35)/b10-7+/t30-/m1/s1. The summed E-state index contributed by atoms with van der Waals surface area (Å²) in [4.78, 5) is 16.3. The van der Waals surface area contributed by atoms with E-state index in [-0.39, 0.29) is 29.8 Å². The highest BCUT2D eigenvalue weighted by Gasteiger charge is 2.25. The molecule has 3 aromatic carbocycles. The minimum Gasteiger partial charge on any atom is -0.497 e. The molecule has 0 spiro atoms. The molecular weight excluding hydrogens is 485 g/mol. The summed E-state index contributed by atoms with van der Waals surface area (Å²) in [5.41, 5.74) is 3.42. The highest BCUT2D eigenvalue weighted by atomic mass is 19.1. The van der Waals surface area contributed by atoms with Gasteiger partial charge >= 0.3 is 5.97 Å². The number of hydrogen-bond acceptors (Lipinski definition) is 5. The predicted molar refractivity (Wildman–Crippen MR) is 144 cm³/mol. The summed E-state index contributed by atoms with van der Waals surface area (Å²) >= 11 is 0. The minimum atomic E-state index is -1.09. The molecule has 5 rings (SSSR count). The zero-order valence-corrected chi connectivity index (χ0v) is 21.0. The Kier molecular flexibility index (Phi) is 7.65. The predicted octanol–water partition coefficient (Wildman–Crippen LogP) is 6.80. The number of pyridine rings is 1. The normalized spacial score (nSPS) is 14.1. The van der Waals surface area contributed by atoms with Gasteiger partial charge in [0, 0.05) is 5.39 Å². The average molecular weight is 514 g/mol. The third-order valence-corrected chi connectivity index (χ3v) is 6.44. The minimum absolute atomic E-state index is 0.0348. The summed E-state index contributed by atoms with van der Waals surface area (Å²) in [6.45, 7) is 0.791. The van der Waals surface area contributed by atoms with Gasteiger partial charge in [0.25, 0.3) is 0 Å². The van der Waals surface area contributed by atoms with Gasteiger partial charge < -0.3 is 19.3 Å². The molecule has 0 amide bonds. The van der Waals surface area contributed by atoms with E-state index in [0.717, 1.165) is 40.6 Å². The smallest absolute Gasteiger partial charge is 0.339 e. The molecule has 0 radical (unpaired) electrons. The Labute approximate surface area is 220 Å². The van der Waals surface area contributed by atoms with Crippen molar-refractivity contribution in [2.75, 3.05) is 20.3 Å². The van der Waals surface area contributed by atoms with Crippen molar-refractivity contribution in [3.8, 4) is 11.5 Å². The second kappa shape index (κ2) is 11.4. The lowest BCUT2D eigenvalue weighted by molar-refractivity contribution is 0.0128. The summed E-state index contributed by atoms with van der Waals surface area (Å²) in [5, 5.41) is 10.4. The van der Waals surface area contributed by atoms with Crippen molar-refractivity contribution in [2.24, 2.45) is 5.92 Å². The number of carbonyl (C=O) groups is 1. The van der Waals surface area contributed by atoms with Gasteiger partial charge in [0.1, 0.15) is 35.6 Å². The van der Waals surface area contributed by atoms with Crippen LogP contribution in [-0.4, -0.2) is 36.4 Å². The van der Waals surface area contributed by atoms with Gasteiger partial charge in [-0.15, -0.1) is 0 Å². The van der Waals surface area contributed by atoms with Crippen molar-refractivity contribution in [2.45, 2.75) is 18.9 Å². The van der Waals surface area contributed by atoms with Crippen molar-refractivity contribution in [3.05, 3.63) is 101 Å². The molecule has 1 N–H and O–H groups in total. The summed E-state index contributed by atoms with van der Waals surface area (Å²) in [6.07, 6.45) is 5.81. The molecule has 7 heteroatoms. The summed E-state index contributed by atoms with van der Waals surface area (Å²) < 4.78 is 30.8. The first kappa shape index (κ1) is 25.4. The molecule has 1 atom stereocenters. The average Bonchev–Trinajstić information content (AvgIpc) is 3.76. The van der Waals surface area contributed by atoms with Gasteiger partial charge in [-0.1, -0.05) is 30.3 Å². The fourth-order valence-corrected chi connectivity index (χ4v) is 4.12. The topological polar surface area (TPSA) is 77.9 Å². The van der Waals surface area contributed by atoms with Crippen molar-refractivity contribution in [1.29, 1.82) is 0 Å². The zero-order chi connectivity index (χ0) is 26.5. The molecule has 1 heterocycles. The Bertz CT molecular complexity index is 1480. The second-order valence-corrected chi connectivity index (χ2v) is 9.32. The molecule has 0 aliphatic heterocycles. The van der Waals surface area contributed by atoms with E-state index in [1.54, 1.807) is 18.2 Å². The van der Waals surface area contributed by atoms with Crippen molar-refractivity contribution in [3.63, 3.8) is 0 Å². The number of ether oxygens (including phenoxy) is 3. The van der Waals surface area contributed by atoms with Gasteiger partial charge in [-0.25, -0.2) is 14.2 Å². The Morgan fingerprint density at radius 3 is 2.74 bits per heavy atom. The lowest BCUT2D eigenvalue weighted by Crippen LogP contribution is -2.16. The van der Waals surface area contributed by atoms with E-state index in [4.69, 9.17) is 14.2 Å². The van der Waals surface area contributed by atoms with Crippen molar-refractivity contribution in [1.82, 2.24) is 4.98 Å². The number of carboxylic acids is 1. The lowest BCUT2D eigenvalue weighted by Gasteiger charge is -2.20. The molecule has 0 bridgehead atoms. The molecule has 0 unspecified atom stereocenters. The van der Waals surface area contributed by atoms with E-state index >= 15 is 0 Å². The number of aromatic nitrogens is 1. The van der Waals surface area contributed by atoms with Crippen LogP contribution < -0.4 is 9.47 Å². The van der Waals surface area contributed by atoms with Gasteiger partial charge in [-0.2, -0.15) is 0 Å². The number of benzene rings is 3. The fraction of sp³-hybridized carbons (Fsp3) is 0.226. The molecule has 6 nitrogen and oxygen atoms in total. The monoisotopic (exact) mass is 513 g/mol. The van der Waals surface area contributed by atoms with Crippen LogP contribution in [0.25, 0.3) is 23.1 Å². The molecule has 1 saturated carbocycles. The highest BCUT2D eigenvalue weighted by molar-refractivity contribution is 5.91. The van der Waals surface area contributed by atoms with Crippen LogP contribution in [0.15, 0.2) is 72.8 Å². The number of carboxylic acid groups (broad SMARTS) is 1. The van der Waals surface area contributed by atoms with E-state index in [1.165, 1.54) is 25.3 Å². The van der Waals surface area contributed by atoms with E-state index in [0.29, 0.717) is 18.3 Å². The lowest BCUT2D eigenvalue weighted by atomic mass is 10.1. The van der Waals surface area contributed by atoms with Gasteiger partial charge in [-0.05, 0) is 84.5 Å². The maximum Gasteiger partial charge on any atom is 0.339 e. The molecule has 1 aliphatic rings. The number of fused-ring (bicyclic) bond motifs is 1. The Morgan fingerprint density at radius 1 is 1.08 bits per heavy atom. The molecule has 38 heavy (non-hydrogen) atoms. The van der Waals surface area contributed by atoms with Gasteiger partial charge in [0.15, 0.2) is 0 Å². The second-order valence-electron chi connectivity index (χ2n) is 9.32. The summed E-state index contributed by atoms with van der Waals surface area (Å²) in [6, 6.07) is 20.9. The highest BCUT2D eigenvalue weighted by Crippen LogP contribution is 2.32. The van der Waals surface area contributed by atoms with E-state index in [9.17, 15) is 14.3 Å². The van der Waals surface area contributed by atoms with Crippen LogP contribution in [0.3, 0.4) is 0 Å². The van der Waals surface area contributed by atoms with Crippen LogP contribution >= 0.6 is 0 Å². The third kappa shape index (κ3) is 6.36. The zero-order valence-electron chi connectivity index (χ0n) is 21.0. The number of hydrogen-bond donors (Lipinski definition) is 1. The molecule has 1 aliphatic carbocycles. The van der Waals surface area contributed by atoms with Crippen LogP contribution in [0.1, 0.15) is 46.1 Å². The Balaban J connectivity index is 1.34. The maximum absolute atomic E-state index is 13.5. The first-order chi connectivity index (χ1) is 18.5. The molecule has 4 aromatic rings. The van der Waals surface area contributed by atoms with Gasteiger partial charge in [0.2, 0.25) is 0 Å². The van der Waals surface area contributed by atoms with Crippen molar-refractivity contribution >= 4 is 29.0 Å². The molecule has 1 aromatic heterocycles. The molecule has 194 valence electrons. The summed E-state index contributed by atoms with van der Waals surface area (Å²) in [5.74, 6) is -0.106. The molecule has 0 saturated heterocycles. The molecular formula is C31H28FNO5. The van der Waals surface area contributed by atoms with E-state index in [2.05, 4.69) is 4.98 Å². The third-order valence-electron chi connectivity index (χ3n) is 6.44. The first-order valence-corrected chi connectivity index (χ1v) is 12.5. The number of aromatic carboxylic acids is 1. The van der Waals surface area contributed by atoms with Crippen LogP contribution in [0.4, 0.5) is 4.39 Å². The Morgan fingerprint density at radius 2 is 1.95 bits per heavy atom. The largest absolute Gasteiger partial charge is 0.497 e. The molecule has 1 fully saturated rings. The van der Waals surface area contributed by atoms with Crippen LogP contribution in [0, 0.1) is 11.7 Å². The SMILES string of the molecule is COc1ccc(OC[C@@H](OCC2CC2)c2cccc(/C=C/c3ccc4cc(F)ccc4n3)c2)c(C(=O)O)c1. The van der Waals surface area contributed by atoms with Gasteiger partial charge in [0.05, 0.1) is 24.9 Å². The Hall–Kier alpha value is -4.23.